The van der Waals surface area contributed by atoms with Crippen molar-refractivity contribution in [2.75, 3.05) is 12.4 Å². The monoisotopic (exact) mass is 335 g/mol. The molecule has 2 aromatic rings. The highest BCUT2D eigenvalue weighted by Gasteiger charge is 2.34. The molecule has 1 N–H and O–H groups in total. The molecule has 0 saturated heterocycles. The van der Waals surface area contributed by atoms with Crippen molar-refractivity contribution >= 4 is 5.69 Å². The first kappa shape index (κ1) is 16.7. The van der Waals surface area contributed by atoms with Gasteiger partial charge in [0.05, 0.1) is 12.7 Å². The van der Waals surface area contributed by atoms with Crippen LogP contribution in [0, 0.1) is 0 Å². The van der Waals surface area contributed by atoms with Gasteiger partial charge < -0.3 is 10.1 Å². The van der Waals surface area contributed by atoms with Gasteiger partial charge in [-0.25, -0.2) is 0 Å². The number of fused-ring (bicyclic) bond motifs is 1. The van der Waals surface area contributed by atoms with Crippen LogP contribution in [0.4, 0.5) is 18.9 Å². The van der Waals surface area contributed by atoms with E-state index in [4.69, 9.17) is 4.74 Å². The molecular weight excluding hydrogens is 315 g/mol. The van der Waals surface area contributed by atoms with E-state index in [2.05, 4.69) is 19.2 Å². The van der Waals surface area contributed by atoms with Crippen molar-refractivity contribution < 1.29 is 17.9 Å². The molecule has 5 heteroatoms. The van der Waals surface area contributed by atoms with Crippen molar-refractivity contribution in [2.45, 2.75) is 37.9 Å². The third kappa shape index (κ3) is 3.21. The maximum absolute atomic E-state index is 12.8. The minimum atomic E-state index is -4.31. The van der Waals surface area contributed by atoms with E-state index in [1.165, 1.54) is 0 Å². The summed E-state index contributed by atoms with van der Waals surface area (Å²) in [4.78, 5) is 0. The number of alkyl halides is 3. The summed E-state index contributed by atoms with van der Waals surface area (Å²) < 4.78 is 43.6. The summed E-state index contributed by atoms with van der Waals surface area (Å²) in [5, 5.41) is 3.49. The molecule has 0 spiro atoms. The Kier molecular flexibility index (Phi) is 3.98. The van der Waals surface area contributed by atoms with Crippen LogP contribution in [0.5, 0.6) is 5.75 Å². The first-order valence-electron chi connectivity index (χ1n) is 7.83. The number of benzene rings is 2. The average Bonchev–Trinajstić information content (AvgIpc) is 2.52. The van der Waals surface area contributed by atoms with Gasteiger partial charge in [-0.2, -0.15) is 13.2 Å². The van der Waals surface area contributed by atoms with Gasteiger partial charge in [0.15, 0.2) is 0 Å². The maximum atomic E-state index is 12.8. The van der Waals surface area contributed by atoms with Crippen LogP contribution in [0.3, 0.4) is 0 Å². The van der Waals surface area contributed by atoms with Crippen LogP contribution in [0.2, 0.25) is 0 Å². The molecule has 0 bridgehead atoms. The average molecular weight is 335 g/mol. The summed E-state index contributed by atoms with van der Waals surface area (Å²) in [7, 11) is 1.61. The second kappa shape index (κ2) is 5.72. The Labute approximate surface area is 139 Å². The molecule has 0 aliphatic carbocycles. The minimum Gasteiger partial charge on any atom is -0.497 e. The molecule has 1 aliphatic heterocycles. The molecule has 2 aromatic carbocycles. The smallest absolute Gasteiger partial charge is 0.416 e. The predicted molar refractivity (Wildman–Crippen MR) is 88.6 cm³/mol. The molecule has 1 atom stereocenters. The molecule has 3 rings (SSSR count). The number of halogens is 3. The van der Waals surface area contributed by atoms with Crippen LogP contribution < -0.4 is 10.1 Å². The number of hydrogen-bond acceptors (Lipinski definition) is 2. The fraction of sp³-hybridized carbons (Fsp3) is 0.368. The first-order chi connectivity index (χ1) is 11.2. The molecule has 1 heterocycles. The molecule has 0 amide bonds. The second-order valence-corrected chi connectivity index (χ2v) is 6.84. The van der Waals surface area contributed by atoms with Gasteiger partial charge in [-0.05, 0) is 49.6 Å². The van der Waals surface area contributed by atoms with Crippen molar-refractivity contribution in [2.24, 2.45) is 0 Å². The molecule has 0 fully saturated rings. The Balaban J connectivity index is 2.02. The van der Waals surface area contributed by atoms with E-state index in [1.807, 2.05) is 18.2 Å². The zero-order valence-corrected chi connectivity index (χ0v) is 13.9. The van der Waals surface area contributed by atoms with Crippen LogP contribution in [0.15, 0.2) is 42.5 Å². The topological polar surface area (TPSA) is 21.3 Å². The molecule has 24 heavy (non-hydrogen) atoms. The van der Waals surface area contributed by atoms with E-state index in [-0.39, 0.29) is 11.5 Å². The summed E-state index contributed by atoms with van der Waals surface area (Å²) in [5.41, 5.74) is 2.16. The molecule has 128 valence electrons. The Bertz CT molecular complexity index is 735. The molecular formula is C19H20F3NO. The molecule has 0 saturated carbocycles. The summed E-state index contributed by atoms with van der Waals surface area (Å²) in [6.45, 7) is 4.18. The summed E-state index contributed by atoms with van der Waals surface area (Å²) >= 11 is 0. The molecule has 2 nitrogen and oxygen atoms in total. The zero-order chi connectivity index (χ0) is 17.5. The van der Waals surface area contributed by atoms with Gasteiger partial charge in [0.25, 0.3) is 0 Å². The summed E-state index contributed by atoms with van der Waals surface area (Å²) in [6, 6.07) is 11.3. The largest absolute Gasteiger partial charge is 0.497 e. The van der Waals surface area contributed by atoms with E-state index in [0.717, 1.165) is 41.1 Å². The van der Waals surface area contributed by atoms with Gasteiger partial charge in [0.1, 0.15) is 5.75 Å². The van der Waals surface area contributed by atoms with E-state index < -0.39 is 11.7 Å². The minimum absolute atomic E-state index is 0.0458. The summed E-state index contributed by atoms with van der Waals surface area (Å²) in [5.74, 6) is 0.801. The van der Waals surface area contributed by atoms with Crippen molar-refractivity contribution in [3.63, 3.8) is 0 Å². The van der Waals surface area contributed by atoms with Crippen molar-refractivity contribution in [3.05, 3.63) is 59.2 Å². The van der Waals surface area contributed by atoms with Crippen molar-refractivity contribution in [1.29, 1.82) is 0 Å². The highest BCUT2D eigenvalue weighted by molar-refractivity contribution is 5.62. The van der Waals surface area contributed by atoms with Gasteiger partial charge in [0.2, 0.25) is 0 Å². The van der Waals surface area contributed by atoms with Crippen LogP contribution in [0.25, 0.3) is 0 Å². The fourth-order valence-electron chi connectivity index (χ4n) is 3.31. The molecule has 0 aromatic heterocycles. The van der Waals surface area contributed by atoms with Crippen molar-refractivity contribution in [1.82, 2.24) is 0 Å². The summed E-state index contributed by atoms with van der Waals surface area (Å²) in [6.07, 6.45) is -3.51. The van der Waals surface area contributed by atoms with Gasteiger partial charge >= 0.3 is 6.18 Å². The van der Waals surface area contributed by atoms with Crippen LogP contribution in [-0.2, 0) is 6.18 Å². The van der Waals surface area contributed by atoms with Gasteiger partial charge in [-0.15, -0.1) is 0 Å². The lowest BCUT2D eigenvalue weighted by Gasteiger charge is -2.39. The second-order valence-electron chi connectivity index (χ2n) is 6.84. The number of anilines is 1. The number of nitrogens with one attached hydrogen (secondary N) is 1. The number of rotatable bonds is 2. The fourth-order valence-corrected chi connectivity index (χ4v) is 3.31. The Hall–Kier alpha value is -2.17. The number of hydrogen-bond donors (Lipinski definition) is 1. The Morgan fingerprint density at radius 1 is 1.08 bits per heavy atom. The lowest BCUT2D eigenvalue weighted by atomic mass is 9.77. The predicted octanol–water partition coefficient (Wildman–Crippen LogP) is 5.44. The number of ether oxygens (including phenoxy) is 1. The molecule has 1 aliphatic rings. The van der Waals surface area contributed by atoms with Crippen molar-refractivity contribution in [3.8, 4) is 5.75 Å². The van der Waals surface area contributed by atoms with Crippen LogP contribution in [-0.4, -0.2) is 12.6 Å². The molecule has 1 unspecified atom stereocenters. The highest BCUT2D eigenvalue weighted by atomic mass is 19.4. The number of methoxy groups -OCH3 is 1. The van der Waals surface area contributed by atoms with E-state index in [1.54, 1.807) is 19.2 Å². The van der Waals surface area contributed by atoms with Crippen LogP contribution in [0.1, 0.15) is 42.9 Å². The third-order valence-electron chi connectivity index (χ3n) is 4.46. The maximum Gasteiger partial charge on any atom is 0.416 e. The normalized spacial score (nSPS) is 19.3. The van der Waals surface area contributed by atoms with E-state index in [0.29, 0.717) is 0 Å². The zero-order valence-electron chi connectivity index (χ0n) is 13.9. The SMILES string of the molecule is COc1ccc2c(c1)NC(C)(C)CC2c1ccc(C(F)(F)F)cc1. The standard InChI is InChI=1S/C19H20F3NO/c1-18(2)11-16(12-4-6-13(7-5-12)19(20,21)22)15-9-8-14(24-3)10-17(15)23-18/h4-10,16,23H,11H2,1-3H3. The van der Waals surface area contributed by atoms with Gasteiger partial charge in [-0.1, -0.05) is 18.2 Å². The highest BCUT2D eigenvalue weighted by Crippen LogP contribution is 2.44. The van der Waals surface area contributed by atoms with E-state index >= 15 is 0 Å². The third-order valence-corrected chi connectivity index (χ3v) is 4.46. The molecule has 0 radical (unpaired) electrons. The van der Waals surface area contributed by atoms with Gasteiger partial charge in [-0.3, -0.25) is 0 Å². The van der Waals surface area contributed by atoms with Crippen LogP contribution >= 0.6 is 0 Å². The lowest BCUT2D eigenvalue weighted by Crippen LogP contribution is -2.37. The first-order valence-corrected chi connectivity index (χ1v) is 7.83. The Morgan fingerprint density at radius 2 is 1.75 bits per heavy atom. The quantitative estimate of drug-likeness (QED) is 0.789. The lowest BCUT2D eigenvalue weighted by molar-refractivity contribution is -0.137. The van der Waals surface area contributed by atoms with Gasteiger partial charge in [0, 0.05) is 23.2 Å². The Morgan fingerprint density at radius 3 is 2.33 bits per heavy atom. The van der Waals surface area contributed by atoms with E-state index in [9.17, 15) is 13.2 Å².